The summed E-state index contributed by atoms with van der Waals surface area (Å²) in [6.45, 7) is 0. The molecule has 0 aliphatic rings. The van der Waals surface area contributed by atoms with Crippen LogP contribution in [-0.4, -0.2) is 25.4 Å². The van der Waals surface area contributed by atoms with Crippen LogP contribution in [0, 0.1) is 0 Å². The van der Waals surface area contributed by atoms with Gasteiger partial charge in [-0.15, -0.1) is 0 Å². The summed E-state index contributed by atoms with van der Waals surface area (Å²) in [6.07, 6.45) is 5.74. The second-order valence-electron chi connectivity index (χ2n) is 3.29. The maximum absolute atomic E-state index is 5.10. The molecule has 0 saturated carbocycles. The summed E-state index contributed by atoms with van der Waals surface area (Å²) in [5.41, 5.74) is 1.40. The Balaban J connectivity index is 2.49. The molecular formula is C11H17OS+. The topological polar surface area (TPSA) is 9.23 Å². The molecule has 1 aromatic rings. The Kier molecular flexibility index (Phi) is 4.16. The zero-order valence-electron chi connectivity index (χ0n) is 8.54. The largest absolute Gasteiger partial charge is 0.497 e. The monoisotopic (exact) mass is 197 g/mol. The quantitative estimate of drug-likeness (QED) is 0.672. The lowest BCUT2D eigenvalue weighted by Crippen LogP contribution is -2.04. The van der Waals surface area contributed by atoms with Gasteiger partial charge >= 0.3 is 0 Å². The molecule has 0 N–H and O–H groups in total. The fourth-order valence-corrected chi connectivity index (χ4v) is 1.76. The van der Waals surface area contributed by atoms with Gasteiger partial charge < -0.3 is 4.74 Å². The molecular weight excluding hydrogens is 180 g/mol. The van der Waals surface area contributed by atoms with Crippen LogP contribution in [0.3, 0.4) is 0 Å². The maximum atomic E-state index is 5.10. The molecule has 0 atom stereocenters. The van der Waals surface area contributed by atoms with Gasteiger partial charge in [-0.2, -0.15) is 0 Å². The van der Waals surface area contributed by atoms with Crippen LogP contribution in [0.15, 0.2) is 24.3 Å². The van der Waals surface area contributed by atoms with Gasteiger partial charge in [0.05, 0.1) is 19.6 Å². The van der Waals surface area contributed by atoms with Crippen LogP contribution in [-0.2, 0) is 17.3 Å². The Labute approximate surface area is 83.5 Å². The molecule has 1 nitrogen and oxygen atoms in total. The molecule has 72 valence electrons. The van der Waals surface area contributed by atoms with Crippen LogP contribution < -0.4 is 4.74 Å². The number of aryl methyl sites for hydroxylation is 1. The SMILES string of the molecule is COc1ccc(CC[S+](C)C)cc1. The van der Waals surface area contributed by atoms with E-state index in [0.717, 1.165) is 5.75 Å². The molecule has 0 heterocycles. The third kappa shape index (κ3) is 3.73. The molecule has 0 amide bonds. The number of methoxy groups -OCH3 is 1. The van der Waals surface area contributed by atoms with Crippen molar-refractivity contribution < 1.29 is 4.74 Å². The van der Waals surface area contributed by atoms with E-state index >= 15 is 0 Å². The van der Waals surface area contributed by atoms with E-state index in [4.69, 9.17) is 4.74 Å². The molecule has 0 saturated heterocycles. The van der Waals surface area contributed by atoms with Crippen LogP contribution >= 0.6 is 0 Å². The minimum absolute atomic E-state index is 0.546. The summed E-state index contributed by atoms with van der Waals surface area (Å²) in [7, 11) is 2.24. The second kappa shape index (κ2) is 5.18. The van der Waals surface area contributed by atoms with Crippen LogP contribution in [0.4, 0.5) is 0 Å². The first-order valence-corrected chi connectivity index (χ1v) is 6.60. The first-order valence-electron chi connectivity index (χ1n) is 4.39. The Morgan fingerprint density at radius 1 is 1.15 bits per heavy atom. The van der Waals surface area contributed by atoms with Gasteiger partial charge in [0, 0.05) is 6.42 Å². The highest BCUT2D eigenvalue weighted by Crippen LogP contribution is 2.11. The van der Waals surface area contributed by atoms with E-state index in [2.05, 4.69) is 24.6 Å². The van der Waals surface area contributed by atoms with E-state index in [1.165, 1.54) is 17.7 Å². The minimum atomic E-state index is 0.546. The van der Waals surface area contributed by atoms with Gasteiger partial charge in [-0.25, -0.2) is 0 Å². The number of benzene rings is 1. The van der Waals surface area contributed by atoms with Crippen LogP contribution in [0.5, 0.6) is 5.75 Å². The third-order valence-electron chi connectivity index (χ3n) is 1.96. The second-order valence-corrected chi connectivity index (χ2v) is 5.67. The summed E-state index contributed by atoms with van der Waals surface area (Å²) < 4.78 is 5.10. The van der Waals surface area contributed by atoms with E-state index in [1.54, 1.807) is 7.11 Å². The molecule has 1 rings (SSSR count). The van der Waals surface area contributed by atoms with Crippen LogP contribution in [0.1, 0.15) is 5.56 Å². The zero-order chi connectivity index (χ0) is 9.68. The number of ether oxygens (including phenoxy) is 1. The Bertz CT molecular complexity index is 241. The standard InChI is InChI=1S/C11H17OS/c1-12-11-6-4-10(5-7-11)8-9-13(2)3/h4-7H,8-9H2,1-3H3/q+1. The normalized spacial score (nSPS) is 10.5. The molecule has 0 spiro atoms. The first-order chi connectivity index (χ1) is 6.22. The Morgan fingerprint density at radius 2 is 1.77 bits per heavy atom. The molecule has 0 fully saturated rings. The lowest BCUT2D eigenvalue weighted by atomic mass is 10.2. The predicted octanol–water partition coefficient (Wildman–Crippen LogP) is 2.12. The van der Waals surface area contributed by atoms with E-state index in [9.17, 15) is 0 Å². The zero-order valence-corrected chi connectivity index (χ0v) is 9.36. The van der Waals surface area contributed by atoms with Gasteiger partial charge in [0.25, 0.3) is 0 Å². The van der Waals surface area contributed by atoms with Crippen molar-refractivity contribution in [1.29, 1.82) is 0 Å². The van der Waals surface area contributed by atoms with E-state index in [1.807, 2.05) is 12.1 Å². The van der Waals surface area contributed by atoms with Crippen molar-refractivity contribution in [3.8, 4) is 5.75 Å². The number of hydrogen-bond acceptors (Lipinski definition) is 1. The van der Waals surface area contributed by atoms with Gasteiger partial charge in [-0.05, 0) is 28.6 Å². The van der Waals surface area contributed by atoms with Gasteiger partial charge in [0.2, 0.25) is 0 Å². The molecule has 0 radical (unpaired) electrons. The van der Waals surface area contributed by atoms with Crippen molar-refractivity contribution in [1.82, 2.24) is 0 Å². The number of hydrogen-bond donors (Lipinski definition) is 0. The van der Waals surface area contributed by atoms with Gasteiger partial charge in [0.15, 0.2) is 0 Å². The highest BCUT2D eigenvalue weighted by molar-refractivity contribution is 7.95. The summed E-state index contributed by atoms with van der Waals surface area (Å²) in [5, 5.41) is 0. The van der Waals surface area contributed by atoms with Crippen molar-refractivity contribution in [2.75, 3.05) is 25.4 Å². The molecule has 0 aliphatic heterocycles. The van der Waals surface area contributed by atoms with E-state index < -0.39 is 0 Å². The molecule has 1 aromatic carbocycles. The summed E-state index contributed by atoms with van der Waals surface area (Å²) in [4.78, 5) is 0. The molecule has 0 aliphatic carbocycles. The van der Waals surface area contributed by atoms with Gasteiger partial charge in [-0.1, -0.05) is 12.1 Å². The number of rotatable bonds is 4. The highest BCUT2D eigenvalue weighted by atomic mass is 32.2. The summed E-state index contributed by atoms with van der Waals surface area (Å²) in [5.74, 6) is 2.22. The fraction of sp³-hybridized carbons (Fsp3) is 0.455. The van der Waals surface area contributed by atoms with Gasteiger partial charge in [0.1, 0.15) is 11.5 Å². The van der Waals surface area contributed by atoms with Crippen molar-refractivity contribution in [3.63, 3.8) is 0 Å². The third-order valence-corrected chi connectivity index (χ3v) is 2.98. The first kappa shape index (κ1) is 10.5. The van der Waals surface area contributed by atoms with E-state index in [-0.39, 0.29) is 0 Å². The summed E-state index contributed by atoms with van der Waals surface area (Å²) >= 11 is 0. The predicted molar refractivity (Wildman–Crippen MR) is 60.8 cm³/mol. The molecule has 13 heavy (non-hydrogen) atoms. The van der Waals surface area contributed by atoms with Crippen molar-refractivity contribution >= 4 is 10.9 Å². The van der Waals surface area contributed by atoms with Crippen LogP contribution in [0.25, 0.3) is 0 Å². The lowest BCUT2D eigenvalue weighted by molar-refractivity contribution is 0.414. The molecule has 0 unspecified atom stereocenters. The lowest BCUT2D eigenvalue weighted by Gasteiger charge is -2.01. The highest BCUT2D eigenvalue weighted by Gasteiger charge is 2.02. The minimum Gasteiger partial charge on any atom is -0.497 e. The molecule has 2 heteroatoms. The van der Waals surface area contributed by atoms with Crippen molar-refractivity contribution in [2.45, 2.75) is 6.42 Å². The molecule has 0 bridgehead atoms. The van der Waals surface area contributed by atoms with E-state index in [0.29, 0.717) is 10.9 Å². The Hall–Kier alpha value is -0.630. The average Bonchev–Trinajstić information content (AvgIpc) is 2.15. The summed E-state index contributed by atoms with van der Waals surface area (Å²) in [6, 6.07) is 8.34. The fourth-order valence-electron chi connectivity index (χ4n) is 1.11. The van der Waals surface area contributed by atoms with Crippen LogP contribution in [0.2, 0.25) is 0 Å². The van der Waals surface area contributed by atoms with Crippen molar-refractivity contribution in [2.24, 2.45) is 0 Å². The smallest absolute Gasteiger partial charge is 0.118 e. The van der Waals surface area contributed by atoms with Gasteiger partial charge in [-0.3, -0.25) is 0 Å². The maximum Gasteiger partial charge on any atom is 0.118 e. The Morgan fingerprint density at radius 3 is 2.23 bits per heavy atom. The van der Waals surface area contributed by atoms with Crippen molar-refractivity contribution in [3.05, 3.63) is 29.8 Å². The average molecular weight is 197 g/mol. The molecule has 0 aromatic heterocycles.